The standard InChI is InChI=1S/C18H13N3O3S/c22-16(21-24)13-9-7-12(8-10-13)4-3-11-19-17(23)18-20-14-5-1-2-6-15(14)25-18/h1-2,5-10,24H,11H2,(H,19,23)(H,21,22). The molecule has 0 unspecified atom stereocenters. The highest BCUT2D eigenvalue weighted by atomic mass is 32.1. The van der Waals surface area contributed by atoms with E-state index in [4.69, 9.17) is 5.21 Å². The number of carbonyl (C=O) groups is 2. The molecule has 0 aliphatic heterocycles. The molecule has 7 heteroatoms. The summed E-state index contributed by atoms with van der Waals surface area (Å²) in [7, 11) is 0. The van der Waals surface area contributed by atoms with E-state index in [1.807, 2.05) is 24.3 Å². The maximum atomic E-state index is 12.1. The van der Waals surface area contributed by atoms with Gasteiger partial charge in [0.1, 0.15) is 0 Å². The van der Waals surface area contributed by atoms with E-state index < -0.39 is 5.91 Å². The molecular formula is C18H13N3O3S. The highest BCUT2D eigenvalue weighted by Crippen LogP contribution is 2.21. The fraction of sp³-hybridized carbons (Fsp3) is 0.0556. The molecule has 0 saturated carbocycles. The van der Waals surface area contributed by atoms with Crippen molar-refractivity contribution in [3.05, 3.63) is 64.7 Å². The van der Waals surface area contributed by atoms with Crippen molar-refractivity contribution in [2.45, 2.75) is 0 Å². The number of nitrogens with zero attached hydrogens (tertiary/aromatic N) is 1. The Hall–Kier alpha value is -3.21. The first-order valence-corrected chi connectivity index (χ1v) is 8.16. The van der Waals surface area contributed by atoms with Gasteiger partial charge in [0.05, 0.1) is 16.8 Å². The molecule has 3 aromatic rings. The van der Waals surface area contributed by atoms with Crippen molar-refractivity contribution in [3.63, 3.8) is 0 Å². The van der Waals surface area contributed by atoms with Crippen LogP contribution in [0.15, 0.2) is 48.5 Å². The van der Waals surface area contributed by atoms with Crippen molar-refractivity contribution in [1.82, 2.24) is 15.8 Å². The van der Waals surface area contributed by atoms with Gasteiger partial charge in [0.25, 0.3) is 11.8 Å². The van der Waals surface area contributed by atoms with Crippen molar-refractivity contribution in [2.75, 3.05) is 6.54 Å². The summed E-state index contributed by atoms with van der Waals surface area (Å²) in [5.74, 6) is 4.89. The fourth-order valence-corrected chi connectivity index (χ4v) is 2.97. The predicted octanol–water partition coefficient (Wildman–Crippen LogP) is 2.20. The van der Waals surface area contributed by atoms with Crippen LogP contribution in [0.25, 0.3) is 10.2 Å². The van der Waals surface area contributed by atoms with Gasteiger partial charge in [-0.25, -0.2) is 10.5 Å². The number of hydrogen-bond acceptors (Lipinski definition) is 5. The van der Waals surface area contributed by atoms with Gasteiger partial charge in [0.15, 0.2) is 5.01 Å². The molecule has 25 heavy (non-hydrogen) atoms. The highest BCUT2D eigenvalue weighted by molar-refractivity contribution is 7.20. The lowest BCUT2D eigenvalue weighted by atomic mass is 10.1. The third kappa shape index (κ3) is 4.01. The Morgan fingerprint density at radius 3 is 2.56 bits per heavy atom. The van der Waals surface area contributed by atoms with Gasteiger partial charge in [0, 0.05) is 11.1 Å². The Kier molecular flexibility index (Phi) is 5.04. The minimum Gasteiger partial charge on any atom is -0.339 e. The first-order valence-electron chi connectivity index (χ1n) is 7.34. The van der Waals surface area contributed by atoms with E-state index in [9.17, 15) is 9.59 Å². The van der Waals surface area contributed by atoms with Crippen LogP contribution in [-0.4, -0.2) is 28.6 Å². The number of carbonyl (C=O) groups excluding carboxylic acids is 2. The maximum Gasteiger partial charge on any atom is 0.281 e. The molecule has 1 aromatic heterocycles. The molecular weight excluding hydrogens is 338 g/mol. The Labute approximate surface area is 147 Å². The number of aromatic nitrogens is 1. The van der Waals surface area contributed by atoms with Crippen LogP contribution in [0.5, 0.6) is 0 Å². The normalized spacial score (nSPS) is 9.96. The summed E-state index contributed by atoms with van der Waals surface area (Å²) in [5, 5.41) is 11.7. The summed E-state index contributed by atoms with van der Waals surface area (Å²) >= 11 is 1.34. The monoisotopic (exact) mass is 351 g/mol. The molecule has 0 aliphatic carbocycles. The zero-order valence-electron chi connectivity index (χ0n) is 12.9. The predicted molar refractivity (Wildman–Crippen MR) is 94.5 cm³/mol. The summed E-state index contributed by atoms with van der Waals surface area (Å²) in [6, 6.07) is 14.0. The first kappa shape index (κ1) is 16.6. The van der Waals surface area contributed by atoms with Crippen LogP contribution in [0, 0.1) is 11.8 Å². The molecule has 0 bridgehead atoms. The molecule has 0 spiro atoms. The van der Waals surface area contributed by atoms with Gasteiger partial charge >= 0.3 is 0 Å². The van der Waals surface area contributed by atoms with Gasteiger partial charge in [-0.2, -0.15) is 0 Å². The summed E-state index contributed by atoms with van der Waals surface area (Å²) in [5.41, 5.74) is 3.39. The zero-order valence-corrected chi connectivity index (χ0v) is 13.8. The third-order valence-corrected chi connectivity index (χ3v) is 4.34. The lowest BCUT2D eigenvalue weighted by Gasteiger charge is -1.98. The Balaban J connectivity index is 1.58. The SMILES string of the molecule is O=C(NO)c1ccc(C#CCNC(=O)c2nc3ccccc3s2)cc1. The van der Waals surface area contributed by atoms with E-state index in [0.29, 0.717) is 16.1 Å². The van der Waals surface area contributed by atoms with Crippen LogP contribution >= 0.6 is 11.3 Å². The summed E-state index contributed by atoms with van der Waals surface area (Å²) in [6.07, 6.45) is 0. The van der Waals surface area contributed by atoms with Crippen LogP contribution in [0.4, 0.5) is 0 Å². The summed E-state index contributed by atoms with van der Waals surface area (Å²) < 4.78 is 0.964. The minimum atomic E-state index is -0.581. The van der Waals surface area contributed by atoms with E-state index in [0.717, 1.165) is 10.2 Å². The topological polar surface area (TPSA) is 91.3 Å². The van der Waals surface area contributed by atoms with Crippen molar-refractivity contribution in [2.24, 2.45) is 0 Å². The molecule has 2 aromatic carbocycles. The van der Waals surface area contributed by atoms with Gasteiger partial charge in [-0.15, -0.1) is 11.3 Å². The van der Waals surface area contributed by atoms with E-state index >= 15 is 0 Å². The average Bonchev–Trinajstić information content (AvgIpc) is 3.09. The molecule has 3 N–H and O–H groups in total. The van der Waals surface area contributed by atoms with Gasteiger partial charge < -0.3 is 5.32 Å². The van der Waals surface area contributed by atoms with Crippen LogP contribution in [-0.2, 0) is 0 Å². The largest absolute Gasteiger partial charge is 0.339 e. The van der Waals surface area contributed by atoms with Crippen molar-refractivity contribution < 1.29 is 14.8 Å². The van der Waals surface area contributed by atoms with Crippen LogP contribution < -0.4 is 10.8 Å². The number of thiazole rings is 1. The number of benzene rings is 2. The number of hydroxylamine groups is 1. The van der Waals surface area contributed by atoms with Gasteiger partial charge in [-0.05, 0) is 36.4 Å². The van der Waals surface area contributed by atoms with Gasteiger partial charge in [0.2, 0.25) is 0 Å². The number of amides is 2. The molecule has 124 valence electrons. The Morgan fingerprint density at radius 1 is 1.08 bits per heavy atom. The maximum absolute atomic E-state index is 12.1. The average molecular weight is 351 g/mol. The molecule has 0 aliphatic rings. The van der Waals surface area contributed by atoms with Crippen LogP contribution in [0.1, 0.15) is 25.7 Å². The molecule has 0 fully saturated rings. The third-order valence-electron chi connectivity index (χ3n) is 3.31. The number of hydrogen-bond donors (Lipinski definition) is 3. The van der Waals surface area contributed by atoms with Crippen molar-refractivity contribution in [3.8, 4) is 11.8 Å². The smallest absolute Gasteiger partial charge is 0.281 e. The van der Waals surface area contributed by atoms with Gasteiger partial charge in [-0.3, -0.25) is 14.8 Å². The van der Waals surface area contributed by atoms with Gasteiger partial charge in [-0.1, -0.05) is 24.0 Å². The van der Waals surface area contributed by atoms with E-state index in [1.54, 1.807) is 29.7 Å². The summed E-state index contributed by atoms with van der Waals surface area (Å²) in [6.45, 7) is 0.188. The van der Waals surface area contributed by atoms with E-state index in [2.05, 4.69) is 22.1 Å². The second-order valence-electron chi connectivity index (χ2n) is 4.99. The summed E-state index contributed by atoms with van der Waals surface area (Å²) in [4.78, 5) is 27.6. The highest BCUT2D eigenvalue weighted by Gasteiger charge is 2.10. The number of rotatable bonds is 3. The Morgan fingerprint density at radius 2 is 1.84 bits per heavy atom. The Bertz CT molecular complexity index is 951. The lowest BCUT2D eigenvalue weighted by molar-refractivity contribution is 0.0706. The fourth-order valence-electron chi connectivity index (χ4n) is 2.09. The zero-order chi connectivity index (χ0) is 17.6. The number of fused-ring (bicyclic) bond motifs is 1. The molecule has 0 saturated heterocycles. The second-order valence-corrected chi connectivity index (χ2v) is 6.02. The van der Waals surface area contributed by atoms with E-state index in [-0.39, 0.29) is 12.5 Å². The van der Waals surface area contributed by atoms with Crippen LogP contribution in [0.2, 0.25) is 0 Å². The van der Waals surface area contributed by atoms with Crippen molar-refractivity contribution >= 4 is 33.4 Å². The molecule has 3 rings (SSSR count). The van der Waals surface area contributed by atoms with E-state index in [1.165, 1.54) is 11.3 Å². The second kappa shape index (κ2) is 7.57. The first-order chi connectivity index (χ1) is 12.2. The number of nitrogens with one attached hydrogen (secondary N) is 2. The lowest BCUT2D eigenvalue weighted by Crippen LogP contribution is -2.23. The molecule has 6 nitrogen and oxygen atoms in total. The molecule has 0 atom stereocenters. The van der Waals surface area contributed by atoms with Crippen molar-refractivity contribution in [1.29, 1.82) is 0 Å². The minimum absolute atomic E-state index is 0.188. The van der Waals surface area contributed by atoms with Crippen LogP contribution in [0.3, 0.4) is 0 Å². The molecule has 0 radical (unpaired) electrons. The number of para-hydroxylation sites is 1. The quantitative estimate of drug-likeness (QED) is 0.383. The molecule has 1 heterocycles. The molecule has 2 amide bonds.